The summed E-state index contributed by atoms with van der Waals surface area (Å²) in [6.07, 6.45) is 3.21. The molecule has 0 saturated carbocycles. The predicted octanol–water partition coefficient (Wildman–Crippen LogP) is 1.59. The molecule has 14 heavy (non-hydrogen) atoms. The first kappa shape index (κ1) is 10.6. The Bertz CT molecular complexity index is 343. The van der Waals surface area contributed by atoms with Crippen molar-refractivity contribution < 1.29 is 9.21 Å². The zero-order valence-corrected chi connectivity index (χ0v) is 8.12. The molecule has 1 aromatic heterocycles. The zero-order chi connectivity index (χ0) is 10.4. The number of ketones is 1. The Balaban J connectivity index is 2.56. The molecular weight excluding hydrogens is 178 g/mol. The van der Waals surface area contributed by atoms with Crippen LogP contribution in [-0.4, -0.2) is 11.8 Å². The van der Waals surface area contributed by atoms with Gasteiger partial charge in [0.1, 0.15) is 0 Å². The molecule has 1 rings (SSSR count). The molecule has 0 saturated heterocycles. The molecule has 1 unspecified atom stereocenters. The van der Waals surface area contributed by atoms with Crippen molar-refractivity contribution in [3.63, 3.8) is 0 Å². The van der Waals surface area contributed by atoms with Crippen LogP contribution in [0.1, 0.15) is 30.3 Å². The van der Waals surface area contributed by atoms with Gasteiger partial charge in [-0.15, -0.1) is 0 Å². The first-order valence-corrected chi connectivity index (χ1v) is 4.59. The topological polar surface area (TPSA) is 56.2 Å². The molecule has 3 heteroatoms. The first-order valence-electron chi connectivity index (χ1n) is 4.59. The largest absolute Gasteiger partial charge is 0.460 e. The highest BCUT2D eigenvalue weighted by Crippen LogP contribution is 2.00. The van der Waals surface area contributed by atoms with Gasteiger partial charge in [-0.05, 0) is 24.5 Å². The lowest BCUT2D eigenvalue weighted by molar-refractivity contribution is 0.103. The van der Waals surface area contributed by atoms with E-state index in [2.05, 4.69) is 11.8 Å². The Morgan fingerprint density at radius 3 is 3.07 bits per heavy atom. The molecule has 3 nitrogen and oxygen atoms in total. The quantitative estimate of drug-likeness (QED) is 0.448. The van der Waals surface area contributed by atoms with Crippen LogP contribution in [0.3, 0.4) is 0 Å². The van der Waals surface area contributed by atoms with Crippen LogP contribution in [0.2, 0.25) is 0 Å². The van der Waals surface area contributed by atoms with Crippen molar-refractivity contribution in [1.82, 2.24) is 0 Å². The van der Waals surface area contributed by atoms with E-state index in [1.807, 2.05) is 6.92 Å². The third kappa shape index (κ3) is 3.08. The maximum atomic E-state index is 11.3. The van der Waals surface area contributed by atoms with Crippen molar-refractivity contribution in [2.75, 3.05) is 0 Å². The van der Waals surface area contributed by atoms with Crippen molar-refractivity contribution in [3.8, 4) is 11.8 Å². The third-order valence-electron chi connectivity index (χ3n) is 1.72. The molecule has 1 atom stereocenters. The minimum Gasteiger partial charge on any atom is -0.460 e. The average molecular weight is 191 g/mol. The number of nitrogens with two attached hydrogens (primary N) is 1. The van der Waals surface area contributed by atoms with Crippen LogP contribution in [-0.2, 0) is 0 Å². The van der Waals surface area contributed by atoms with Gasteiger partial charge in [0, 0.05) is 0 Å². The molecule has 0 amide bonds. The summed E-state index contributed by atoms with van der Waals surface area (Å²) in [5.74, 6) is 5.10. The first-order chi connectivity index (χ1) is 6.74. The molecule has 0 spiro atoms. The minimum absolute atomic E-state index is 0.223. The second-order valence-electron chi connectivity index (χ2n) is 2.97. The van der Waals surface area contributed by atoms with Crippen molar-refractivity contribution >= 4 is 5.78 Å². The summed E-state index contributed by atoms with van der Waals surface area (Å²) in [7, 11) is 0. The highest BCUT2D eigenvalue weighted by atomic mass is 16.3. The number of carbonyl (C=O) groups excluding carboxylic acids is 1. The molecule has 0 fully saturated rings. The normalized spacial score (nSPS) is 11.6. The van der Waals surface area contributed by atoms with Crippen LogP contribution in [0.25, 0.3) is 0 Å². The standard InChI is InChI=1S/C11H13NO2/c1-2-4-9(12)6-7-10(13)11-5-3-8-14-11/h3,5,8-9H,2,4,12H2,1H3. The lowest BCUT2D eigenvalue weighted by Crippen LogP contribution is -2.17. The second-order valence-corrected chi connectivity index (χ2v) is 2.97. The van der Waals surface area contributed by atoms with Gasteiger partial charge in [0.25, 0.3) is 5.78 Å². The Morgan fingerprint density at radius 2 is 2.50 bits per heavy atom. The fourth-order valence-corrected chi connectivity index (χ4v) is 1.01. The fourth-order valence-electron chi connectivity index (χ4n) is 1.01. The van der Waals surface area contributed by atoms with Crippen LogP contribution in [0.4, 0.5) is 0 Å². The van der Waals surface area contributed by atoms with Crippen LogP contribution >= 0.6 is 0 Å². The van der Waals surface area contributed by atoms with Gasteiger partial charge in [-0.1, -0.05) is 19.3 Å². The summed E-state index contributed by atoms with van der Waals surface area (Å²) < 4.78 is 4.89. The third-order valence-corrected chi connectivity index (χ3v) is 1.72. The Kier molecular flexibility index (Phi) is 3.96. The molecule has 0 bridgehead atoms. The zero-order valence-electron chi connectivity index (χ0n) is 8.12. The van der Waals surface area contributed by atoms with Gasteiger partial charge in [0.15, 0.2) is 5.76 Å². The maximum Gasteiger partial charge on any atom is 0.271 e. The van der Waals surface area contributed by atoms with Crippen LogP contribution in [0.5, 0.6) is 0 Å². The monoisotopic (exact) mass is 191 g/mol. The second kappa shape index (κ2) is 5.25. The van der Waals surface area contributed by atoms with Crippen molar-refractivity contribution in [1.29, 1.82) is 0 Å². The van der Waals surface area contributed by atoms with E-state index in [1.54, 1.807) is 12.1 Å². The molecular formula is C11H13NO2. The predicted molar refractivity (Wildman–Crippen MR) is 53.7 cm³/mol. The minimum atomic E-state index is -0.318. The van der Waals surface area contributed by atoms with Gasteiger partial charge in [0.2, 0.25) is 0 Å². The number of hydrogen-bond acceptors (Lipinski definition) is 3. The van der Waals surface area contributed by atoms with Crippen molar-refractivity contribution in [2.24, 2.45) is 5.73 Å². The molecule has 0 aliphatic rings. The number of Topliss-reactive ketones (excluding diaryl/α,β-unsaturated/α-hetero) is 1. The molecule has 1 heterocycles. The average Bonchev–Trinajstić information content (AvgIpc) is 2.67. The molecule has 74 valence electrons. The van der Waals surface area contributed by atoms with E-state index in [0.717, 1.165) is 12.8 Å². The summed E-state index contributed by atoms with van der Waals surface area (Å²) in [6, 6.07) is 3.02. The lowest BCUT2D eigenvalue weighted by Gasteiger charge is -1.97. The lowest BCUT2D eigenvalue weighted by atomic mass is 10.2. The van der Waals surface area contributed by atoms with E-state index in [0.29, 0.717) is 0 Å². The number of hydrogen-bond donors (Lipinski definition) is 1. The van der Waals surface area contributed by atoms with Crippen molar-refractivity contribution in [3.05, 3.63) is 24.2 Å². The number of carbonyl (C=O) groups is 1. The molecule has 1 aromatic rings. The summed E-state index contributed by atoms with van der Waals surface area (Å²) in [4.78, 5) is 11.3. The molecule has 0 aromatic carbocycles. The highest BCUT2D eigenvalue weighted by molar-refractivity contribution is 6.07. The Morgan fingerprint density at radius 1 is 1.71 bits per heavy atom. The molecule has 0 aliphatic heterocycles. The van der Waals surface area contributed by atoms with Gasteiger partial charge in [-0.25, -0.2) is 0 Å². The van der Waals surface area contributed by atoms with Gasteiger partial charge < -0.3 is 10.2 Å². The van der Waals surface area contributed by atoms with Gasteiger partial charge in [-0.2, -0.15) is 0 Å². The molecule has 0 radical (unpaired) electrons. The van der Waals surface area contributed by atoms with Crippen LogP contribution in [0.15, 0.2) is 22.8 Å². The number of furan rings is 1. The maximum absolute atomic E-state index is 11.3. The summed E-state index contributed by atoms with van der Waals surface area (Å²) in [6.45, 7) is 2.02. The van der Waals surface area contributed by atoms with E-state index < -0.39 is 0 Å². The van der Waals surface area contributed by atoms with Crippen LogP contribution < -0.4 is 5.73 Å². The van der Waals surface area contributed by atoms with E-state index in [-0.39, 0.29) is 17.6 Å². The van der Waals surface area contributed by atoms with Gasteiger partial charge in [0.05, 0.1) is 12.3 Å². The Hall–Kier alpha value is -1.53. The van der Waals surface area contributed by atoms with E-state index >= 15 is 0 Å². The van der Waals surface area contributed by atoms with Gasteiger partial charge in [-0.3, -0.25) is 4.79 Å². The molecule has 0 aliphatic carbocycles. The fraction of sp³-hybridized carbons (Fsp3) is 0.364. The summed E-state index contributed by atoms with van der Waals surface area (Å²) >= 11 is 0. The SMILES string of the molecule is CCCC(N)C#CC(=O)c1ccco1. The van der Waals surface area contributed by atoms with E-state index in [4.69, 9.17) is 10.2 Å². The highest BCUT2D eigenvalue weighted by Gasteiger charge is 2.04. The molecule has 2 N–H and O–H groups in total. The number of rotatable bonds is 3. The Labute approximate surface area is 83.3 Å². The summed E-state index contributed by atoms with van der Waals surface area (Å²) in [5, 5.41) is 0. The van der Waals surface area contributed by atoms with E-state index in [9.17, 15) is 4.79 Å². The van der Waals surface area contributed by atoms with Gasteiger partial charge >= 0.3 is 0 Å². The summed E-state index contributed by atoms with van der Waals surface area (Å²) in [5.41, 5.74) is 5.63. The van der Waals surface area contributed by atoms with Crippen molar-refractivity contribution in [2.45, 2.75) is 25.8 Å². The van der Waals surface area contributed by atoms with E-state index in [1.165, 1.54) is 6.26 Å². The van der Waals surface area contributed by atoms with Crippen LogP contribution in [0, 0.1) is 11.8 Å². The smallest absolute Gasteiger partial charge is 0.271 e.